The molecule has 0 aliphatic rings. The lowest BCUT2D eigenvalue weighted by molar-refractivity contribution is -0.684. The molecule has 2 amide bonds. The van der Waals surface area contributed by atoms with Crippen molar-refractivity contribution in [2.75, 3.05) is 10.6 Å². The first-order valence-corrected chi connectivity index (χ1v) is 7.91. The predicted octanol–water partition coefficient (Wildman–Crippen LogP) is 2.87. The van der Waals surface area contributed by atoms with E-state index in [1.165, 1.54) is 0 Å². The van der Waals surface area contributed by atoms with Crippen molar-refractivity contribution in [3.8, 4) is 0 Å². The summed E-state index contributed by atoms with van der Waals surface area (Å²) in [5.74, 6) is -0.374. The van der Waals surface area contributed by atoms with Gasteiger partial charge in [-0.1, -0.05) is 36.4 Å². The fourth-order valence-corrected chi connectivity index (χ4v) is 2.37. The molecule has 0 spiro atoms. The first-order valence-electron chi connectivity index (χ1n) is 7.91. The quantitative estimate of drug-likeness (QED) is 0.706. The average molecular weight is 332 g/mol. The second-order valence-corrected chi connectivity index (χ2v) is 5.50. The van der Waals surface area contributed by atoms with Gasteiger partial charge < -0.3 is 10.6 Å². The number of amides is 2. The minimum Gasteiger partial charge on any atom is -0.322 e. The third-order valence-electron chi connectivity index (χ3n) is 3.54. The minimum absolute atomic E-state index is 0.126. The molecule has 5 heteroatoms. The number of carbonyl (C=O) groups excluding carboxylic acids is 2. The molecule has 0 saturated heterocycles. The summed E-state index contributed by atoms with van der Waals surface area (Å²) in [5, 5.41) is 5.64. The Kier molecular flexibility index (Phi) is 5.16. The van der Waals surface area contributed by atoms with Crippen molar-refractivity contribution in [3.05, 3.63) is 90.8 Å². The number of aromatic nitrogens is 1. The number of benzene rings is 2. The number of carbonyl (C=O) groups is 2. The number of pyridine rings is 1. The molecule has 0 aliphatic carbocycles. The van der Waals surface area contributed by atoms with E-state index in [1.54, 1.807) is 29.1 Å². The van der Waals surface area contributed by atoms with Crippen LogP contribution in [0.3, 0.4) is 0 Å². The fourth-order valence-electron chi connectivity index (χ4n) is 2.37. The molecular formula is C20H18N3O2+. The van der Waals surface area contributed by atoms with Crippen molar-refractivity contribution in [1.29, 1.82) is 0 Å². The Morgan fingerprint density at radius 2 is 1.36 bits per heavy atom. The summed E-state index contributed by atoms with van der Waals surface area (Å²) >= 11 is 0. The largest absolute Gasteiger partial charge is 0.322 e. The lowest BCUT2D eigenvalue weighted by Crippen LogP contribution is -2.40. The summed E-state index contributed by atoms with van der Waals surface area (Å²) in [6.45, 7) is 0.126. The summed E-state index contributed by atoms with van der Waals surface area (Å²) in [6, 6.07) is 22.0. The Hall–Kier alpha value is -3.47. The minimum atomic E-state index is -0.219. The van der Waals surface area contributed by atoms with Gasteiger partial charge in [0.25, 0.3) is 11.8 Å². The maximum Gasteiger partial charge on any atom is 0.290 e. The number of nitrogens with one attached hydrogen (secondary N) is 2. The van der Waals surface area contributed by atoms with Gasteiger partial charge in [0.1, 0.15) is 5.56 Å². The first kappa shape index (κ1) is 16.4. The van der Waals surface area contributed by atoms with Crippen LogP contribution in [0.15, 0.2) is 85.2 Å². The Morgan fingerprint density at radius 1 is 0.760 bits per heavy atom. The molecule has 124 valence electrons. The molecule has 5 nitrogen and oxygen atoms in total. The number of nitrogens with zero attached hydrogens (tertiary/aromatic N) is 1. The van der Waals surface area contributed by atoms with Gasteiger partial charge in [0, 0.05) is 17.4 Å². The fraction of sp³-hybridized carbons (Fsp3) is 0.0500. The molecule has 2 aromatic carbocycles. The smallest absolute Gasteiger partial charge is 0.290 e. The van der Waals surface area contributed by atoms with E-state index in [0.717, 1.165) is 11.4 Å². The van der Waals surface area contributed by atoms with Crippen LogP contribution in [0.5, 0.6) is 0 Å². The molecule has 1 aromatic heterocycles. The van der Waals surface area contributed by atoms with Crippen LogP contribution >= 0.6 is 0 Å². The molecule has 0 saturated carbocycles. The van der Waals surface area contributed by atoms with Gasteiger partial charge in [-0.15, -0.1) is 0 Å². The maximum absolute atomic E-state index is 12.3. The van der Waals surface area contributed by atoms with Crippen LogP contribution in [0.1, 0.15) is 10.4 Å². The molecule has 25 heavy (non-hydrogen) atoms. The van der Waals surface area contributed by atoms with Crippen molar-refractivity contribution in [2.45, 2.75) is 6.54 Å². The Morgan fingerprint density at radius 3 is 2.00 bits per heavy atom. The van der Waals surface area contributed by atoms with Gasteiger partial charge in [-0.25, -0.2) is 0 Å². The lowest BCUT2D eigenvalue weighted by atomic mass is 10.2. The predicted molar refractivity (Wildman–Crippen MR) is 96.1 cm³/mol. The zero-order valence-corrected chi connectivity index (χ0v) is 13.6. The number of para-hydroxylation sites is 2. The van der Waals surface area contributed by atoms with Crippen molar-refractivity contribution in [1.82, 2.24) is 0 Å². The van der Waals surface area contributed by atoms with Crippen LogP contribution in [-0.4, -0.2) is 11.8 Å². The molecule has 1 heterocycles. The lowest BCUT2D eigenvalue weighted by Gasteiger charge is -2.05. The summed E-state index contributed by atoms with van der Waals surface area (Å²) in [4.78, 5) is 24.4. The molecule has 2 N–H and O–H groups in total. The summed E-state index contributed by atoms with van der Waals surface area (Å²) in [6.07, 6.45) is 3.41. The van der Waals surface area contributed by atoms with E-state index in [1.807, 2.05) is 60.7 Å². The first-order chi connectivity index (χ1) is 12.2. The highest BCUT2D eigenvalue weighted by Gasteiger charge is 2.14. The van der Waals surface area contributed by atoms with Crippen LogP contribution in [-0.2, 0) is 11.3 Å². The highest BCUT2D eigenvalue weighted by atomic mass is 16.2. The second kappa shape index (κ2) is 7.88. The molecule has 0 bridgehead atoms. The summed E-state index contributed by atoms with van der Waals surface area (Å²) < 4.78 is 1.68. The van der Waals surface area contributed by atoms with Crippen LogP contribution in [0.2, 0.25) is 0 Å². The number of anilines is 2. The molecule has 0 radical (unpaired) electrons. The molecule has 3 rings (SSSR count). The van der Waals surface area contributed by atoms with E-state index in [2.05, 4.69) is 10.6 Å². The van der Waals surface area contributed by atoms with E-state index in [0.29, 0.717) is 5.56 Å². The standard InChI is InChI=1S/C20H17N3O2/c24-19(21-17-9-3-1-4-10-17)15-23-13-7-8-16(14-23)20(25)22-18-11-5-2-6-12-18/h1-14H,15H2,(H-,21,22,24,25)/p+1. The second-order valence-electron chi connectivity index (χ2n) is 5.50. The number of hydrogen-bond donors (Lipinski definition) is 2. The Bertz CT molecular complexity index is 864. The topological polar surface area (TPSA) is 62.1 Å². The molecular weight excluding hydrogens is 314 g/mol. The summed E-state index contributed by atoms with van der Waals surface area (Å²) in [7, 11) is 0. The van der Waals surface area contributed by atoms with E-state index in [9.17, 15) is 9.59 Å². The highest BCUT2D eigenvalue weighted by Crippen LogP contribution is 2.08. The van der Waals surface area contributed by atoms with Gasteiger partial charge in [0.05, 0.1) is 0 Å². The van der Waals surface area contributed by atoms with E-state index in [-0.39, 0.29) is 18.4 Å². The zero-order chi connectivity index (χ0) is 17.5. The van der Waals surface area contributed by atoms with Crippen LogP contribution < -0.4 is 15.2 Å². The molecule has 0 aliphatic heterocycles. The highest BCUT2D eigenvalue weighted by molar-refractivity contribution is 6.03. The monoisotopic (exact) mass is 332 g/mol. The van der Waals surface area contributed by atoms with Crippen LogP contribution in [0.4, 0.5) is 11.4 Å². The average Bonchev–Trinajstić information content (AvgIpc) is 2.63. The Balaban J connectivity index is 1.65. The van der Waals surface area contributed by atoms with Gasteiger partial charge in [-0.05, 0) is 30.3 Å². The van der Waals surface area contributed by atoms with E-state index >= 15 is 0 Å². The van der Waals surface area contributed by atoms with Crippen molar-refractivity contribution < 1.29 is 14.2 Å². The van der Waals surface area contributed by atoms with Gasteiger partial charge >= 0.3 is 0 Å². The molecule has 3 aromatic rings. The van der Waals surface area contributed by atoms with Crippen LogP contribution in [0, 0.1) is 0 Å². The van der Waals surface area contributed by atoms with Gasteiger partial charge in [-0.3, -0.25) is 9.59 Å². The van der Waals surface area contributed by atoms with E-state index < -0.39 is 0 Å². The van der Waals surface area contributed by atoms with Gasteiger partial charge in [0.15, 0.2) is 12.4 Å². The number of rotatable bonds is 5. The molecule has 0 unspecified atom stereocenters. The maximum atomic E-state index is 12.3. The van der Waals surface area contributed by atoms with E-state index in [4.69, 9.17) is 0 Å². The van der Waals surface area contributed by atoms with Gasteiger partial charge in [0.2, 0.25) is 6.54 Å². The zero-order valence-electron chi connectivity index (χ0n) is 13.6. The van der Waals surface area contributed by atoms with Crippen molar-refractivity contribution in [3.63, 3.8) is 0 Å². The van der Waals surface area contributed by atoms with Crippen molar-refractivity contribution >= 4 is 23.2 Å². The normalized spacial score (nSPS) is 10.1. The SMILES string of the molecule is O=C(C[n+]1cccc(C(=O)Nc2ccccc2)c1)Nc1ccccc1. The third kappa shape index (κ3) is 4.75. The van der Waals surface area contributed by atoms with Crippen LogP contribution in [0.25, 0.3) is 0 Å². The molecule has 0 atom stereocenters. The molecule has 0 fully saturated rings. The van der Waals surface area contributed by atoms with Crippen molar-refractivity contribution in [2.24, 2.45) is 0 Å². The van der Waals surface area contributed by atoms with Gasteiger partial charge in [-0.2, -0.15) is 4.57 Å². The number of hydrogen-bond acceptors (Lipinski definition) is 2. The summed E-state index contributed by atoms with van der Waals surface area (Å²) in [5.41, 5.74) is 1.95. The third-order valence-corrected chi connectivity index (χ3v) is 3.54. The Labute approximate surface area is 145 Å².